The lowest BCUT2D eigenvalue weighted by molar-refractivity contribution is -0.149. The number of hydrogen-bond donors (Lipinski definition) is 1. The molecule has 0 spiro atoms. The molecule has 27 heavy (non-hydrogen) atoms. The van der Waals surface area contributed by atoms with E-state index in [1.165, 1.54) is 22.7 Å². The van der Waals surface area contributed by atoms with Gasteiger partial charge < -0.3 is 5.11 Å². The molecule has 2 aromatic rings. The van der Waals surface area contributed by atoms with Crippen LogP contribution in [0, 0.1) is 24.1 Å². The SMILES string of the molecule is Cc1ccc([C@]2(O)CSC3=C(C#N)[C@@H](c4ccccc4F)CC(=O)N32)cc1. The van der Waals surface area contributed by atoms with Crippen molar-refractivity contribution in [2.75, 3.05) is 5.75 Å². The van der Waals surface area contributed by atoms with E-state index in [1.807, 2.05) is 19.1 Å². The van der Waals surface area contributed by atoms with Gasteiger partial charge in [-0.05, 0) is 18.6 Å². The molecule has 136 valence electrons. The maximum atomic E-state index is 14.3. The molecule has 1 saturated heterocycles. The minimum atomic E-state index is -1.51. The van der Waals surface area contributed by atoms with Crippen molar-refractivity contribution < 1.29 is 14.3 Å². The molecule has 1 fully saturated rings. The highest BCUT2D eigenvalue weighted by Crippen LogP contribution is 2.51. The third kappa shape index (κ3) is 2.75. The number of benzene rings is 2. The molecular formula is C21H17FN2O2S. The Balaban J connectivity index is 1.83. The van der Waals surface area contributed by atoms with Gasteiger partial charge in [-0.15, -0.1) is 11.8 Å². The van der Waals surface area contributed by atoms with Gasteiger partial charge in [0.15, 0.2) is 5.72 Å². The van der Waals surface area contributed by atoms with E-state index in [0.717, 1.165) is 5.56 Å². The maximum Gasteiger partial charge on any atom is 0.231 e. The summed E-state index contributed by atoms with van der Waals surface area (Å²) in [4.78, 5) is 14.3. The van der Waals surface area contributed by atoms with Crippen LogP contribution in [0.3, 0.4) is 0 Å². The van der Waals surface area contributed by atoms with Crippen molar-refractivity contribution in [2.45, 2.75) is 25.0 Å². The minimum absolute atomic E-state index is 0.0535. The average Bonchev–Trinajstić information content (AvgIpc) is 3.02. The fourth-order valence-corrected chi connectivity index (χ4v) is 5.04. The van der Waals surface area contributed by atoms with E-state index in [1.54, 1.807) is 30.3 Å². The number of rotatable bonds is 2. The van der Waals surface area contributed by atoms with Crippen molar-refractivity contribution in [3.05, 3.63) is 81.6 Å². The Kier molecular flexibility index (Phi) is 4.29. The number of aryl methyl sites for hydroxylation is 1. The number of halogens is 1. The first-order valence-electron chi connectivity index (χ1n) is 8.60. The first-order chi connectivity index (χ1) is 13.0. The van der Waals surface area contributed by atoms with Crippen molar-refractivity contribution in [2.24, 2.45) is 0 Å². The number of thioether (sulfide) groups is 1. The van der Waals surface area contributed by atoms with Crippen LogP contribution in [0.4, 0.5) is 4.39 Å². The lowest BCUT2D eigenvalue weighted by Gasteiger charge is -2.38. The number of hydrogen-bond acceptors (Lipinski definition) is 4. The quantitative estimate of drug-likeness (QED) is 0.861. The molecule has 2 aliphatic heterocycles. The molecular weight excluding hydrogens is 363 g/mol. The summed E-state index contributed by atoms with van der Waals surface area (Å²) in [5.41, 5.74) is 0.804. The number of nitrogens with zero attached hydrogens (tertiary/aromatic N) is 2. The van der Waals surface area contributed by atoms with E-state index in [-0.39, 0.29) is 18.1 Å². The molecule has 1 amide bonds. The summed E-state index contributed by atoms with van der Waals surface area (Å²) < 4.78 is 14.3. The van der Waals surface area contributed by atoms with Crippen molar-refractivity contribution in [3.8, 4) is 6.07 Å². The maximum absolute atomic E-state index is 14.3. The van der Waals surface area contributed by atoms with Crippen LogP contribution in [0.25, 0.3) is 0 Å². The second kappa shape index (κ2) is 6.52. The van der Waals surface area contributed by atoms with E-state index in [2.05, 4.69) is 6.07 Å². The normalized spacial score (nSPS) is 24.7. The molecule has 2 aromatic carbocycles. The van der Waals surface area contributed by atoms with Gasteiger partial charge in [-0.1, -0.05) is 48.0 Å². The Hall–Kier alpha value is -2.62. The van der Waals surface area contributed by atoms with Crippen LogP contribution < -0.4 is 0 Å². The van der Waals surface area contributed by atoms with E-state index >= 15 is 0 Å². The molecule has 4 rings (SSSR count). The second-order valence-corrected chi connectivity index (χ2v) is 7.77. The summed E-state index contributed by atoms with van der Waals surface area (Å²) in [5.74, 6) is -1.16. The molecule has 2 aliphatic rings. The van der Waals surface area contributed by atoms with Gasteiger partial charge in [0.05, 0.1) is 22.4 Å². The monoisotopic (exact) mass is 380 g/mol. The van der Waals surface area contributed by atoms with Crippen LogP contribution in [-0.2, 0) is 10.5 Å². The Morgan fingerprint density at radius 2 is 1.96 bits per heavy atom. The van der Waals surface area contributed by atoms with Crippen molar-refractivity contribution in [1.29, 1.82) is 5.26 Å². The second-order valence-electron chi connectivity index (χ2n) is 6.81. The number of allylic oxidation sites excluding steroid dienone is 1. The van der Waals surface area contributed by atoms with Gasteiger partial charge in [-0.25, -0.2) is 4.39 Å². The van der Waals surface area contributed by atoms with Gasteiger partial charge in [0.1, 0.15) is 5.82 Å². The molecule has 0 saturated carbocycles. The molecule has 0 bridgehead atoms. The third-order valence-electron chi connectivity index (χ3n) is 5.11. The Bertz CT molecular complexity index is 996. The summed E-state index contributed by atoms with van der Waals surface area (Å²) in [6.07, 6.45) is -0.0535. The lowest BCUT2D eigenvalue weighted by Crippen LogP contribution is -2.48. The third-order valence-corrected chi connectivity index (χ3v) is 6.33. The van der Waals surface area contributed by atoms with E-state index in [9.17, 15) is 19.6 Å². The first-order valence-corrected chi connectivity index (χ1v) is 9.58. The van der Waals surface area contributed by atoms with Crippen molar-refractivity contribution >= 4 is 17.7 Å². The number of aliphatic hydroxyl groups is 1. The van der Waals surface area contributed by atoms with Gasteiger partial charge in [0, 0.05) is 17.9 Å². The zero-order valence-corrected chi connectivity index (χ0v) is 15.5. The number of carbonyl (C=O) groups excluding carboxylic acids is 1. The van der Waals surface area contributed by atoms with Crippen LogP contribution in [0.2, 0.25) is 0 Å². The van der Waals surface area contributed by atoms with E-state index < -0.39 is 17.5 Å². The molecule has 0 unspecified atom stereocenters. The largest absolute Gasteiger partial charge is 0.366 e. The van der Waals surface area contributed by atoms with Crippen LogP contribution in [-0.4, -0.2) is 21.7 Å². The molecule has 0 aromatic heterocycles. The van der Waals surface area contributed by atoms with Crippen LogP contribution in [0.15, 0.2) is 59.1 Å². The highest BCUT2D eigenvalue weighted by Gasteiger charge is 2.52. The van der Waals surface area contributed by atoms with E-state index in [4.69, 9.17) is 0 Å². The smallest absolute Gasteiger partial charge is 0.231 e. The van der Waals surface area contributed by atoms with Gasteiger partial charge in [0.25, 0.3) is 0 Å². The molecule has 0 radical (unpaired) electrons. The number of carbonyl (C=O) groups is 1. The van der Waals surface area contributed by atoms with Crippen LogP contribution in [0.1, 0.15) is 29.0 Å². The highest BCUT2D eigenvalue weighted by atomic mass is 32.2. The Labute approximate surface area is 160 Å². The molecule has 6 heteroatoms. The molecule has 4 nitrogen and oxygen atoms in total. The van der Waals surface area contributed by atoms with Crippen LogP contribution in [0.5, 0.6) is 0 Å². The van der Waals surface area contributed by atoms with Gasteiger partial charge in [0.2, 0.25) is 5.91 Å². The zero-order chi connectivity index (χ0) is 19.2. The molecule has 2 heterocycles. The fraction of sp³-hybridized carbons (Fsp3) is 0.238. The summed E-state index contributed by atoms with van der Waals surface area (Å²) in [6, 6.07) is 15.7. The number of amides is 1. The van der Waals surface area contributed by atoms with Gasteiger partial charge in [-0.3, -0.25) is 9.69 Å². The molecule has 0 aliphatic carbocycles. The predicted molar refractivity (Wildman–Crippen MR) is 101 cm³/mol. The molecule has 1 N–H and O–H groups in total. The first kappa shape index (κ1) is 17.8. The fourth-order valence-electron chi connectivity index (χ4n) is 3.68. The Morgan fingerprint density at radius 1 is 1.26 bits per heavy atom. The zero-order valence-electron chi connectivity index (χ0n) is 14.6. The summed E-state index contributed by atoms with van der Waals surface area (Å²) in [7, 11) is 0. The average molecular weight is 380 g/mol. The molecule has 2 atom stereocenters. The van der Waals surface area contributed by atoms with Crippen molar-refractivity contribution in [3.63, 3.8) is 0 Å². The Morgan fingerprint density at radius 3 is 2.63 bits per heavy atom. The lowest BCUT2D eigenvalue weighted by atomic mass is 9.85. The number of fused-ring (bicyclic) bond motifs is 1. The summed E-state index contributed by atoms with van der Waals surface area (Å²) in [5, 5.41) is 21.5. The van der Waals surface area contributed by atoms with Gasteiger partial charge in [-0.2, -0.15) is 5.26 Å². The number of nitriles is 1. The summed E-state index contributed by atoms with van der Waals surface area (Å²) >= 11 is 1.26. The van der Waals surface area contributed by atoms with Crippen LogP contribution >= 0.6 is 11.8 Å². The van der Waals surface area contributed by atoms with Gasteiger partial charge >= 0.3 is 0 Å². The van der Waals surface area contributed by atoms with E-state index in [0.29, 0.717) is 21.7 Å². The summed E-state index contributed by atoms with van der Waals surface area (Å²) in [6.45, 7) is 1.95. The highest BCUT2D eigenvalue weighted by molar-refractivity contribution is 8.03. The predicted octanol–water partition coefficient (Wildman–Crippen LogP) is 3.78. The topological polar surface area (TPSA) is 64.3 Å². The minimum Gasteiger partial charge on any atom is -0.366 e. The standard InChI is InChI=1S/C21H17FN2O2S/c1-13-6-8-14(9-7-13)21(26)12-27-20-17(11-23)16(10-19(25)24(20)21)15-4-2-3-5-18(15)22/h2-9,16,26H,10,12H2,1H3/t16-,21-/m1/s1. The van der Waals surface area contributed by atoms with Crippen molar-refractivity contribution in [1.82, 2.24) is 4.90 Å².